The van der Waals surface area contributed by atoms with E-state index in [0.717, 1.165) is 5.56 Å². The van der Waals surface area contributed by atoms with Gasteiger partial charge in [-0.3, -0.25) is 24.5 Å². The maximum atomic E-state index is 14.6. The number of carbonyl (C=O) groups excluding carboxylic acids is 3. The van der Waals surface area contributed by atoms with Crippen LogP contribution in [0.5, 0.6) is 0 Å². The highest BCUT2D eigenvalue weighted by Gasteiger charge is 2.70. The van der Waals surface area contributed by atoms with Gasteiger partial charge in [0.1, 0.15) is 11.5 Å². The molecule has 4 aromatic carbocycles. The van der Waals surface area contributed by atoms with Crippen LogP contribution in [0.1, 0.15) is 31.8 Å². The molecule has 1 fully saturated rings. The number of amides is 1. The highest BCUT2D eigenvalue weighted by molar-refractivity contribution is 6.18. The first-order valence-corrected chi connectivity index (χ1v) is 13.3. The molecule has 1 saturated heterocycles. The molecule has 8 nitrogen and oxygen atoms in total. The first-order chi connectivity index (χ1) is 19.9. The molecule has 4 atom stereocenters. The number of hydrogen-bond acceptors (Lipinski definition) is 6. The van der Waals surface area contributed by atoms with E-state index in [1.165, 1.54) is 24.3 Å². The predicted octanol–water partition coefficient (Wildman–Crippen LogP) is 5.45. The lowest BCUT2D eigenvalue weighted by atomic mass is 9.64. The van der Waals surface area contributed by atoms with Gasteiger partial charge in [0.05, 0.1) is 16.9 Å². The van der Waals surface area contributed by atoms with Gasteiger partial charge in [0.25, 0.3) is 5.69 Å². The number of non-ortho nitro benzene ring substituents is 1. The molecule has 0 radical (unpaired) electrons. The number of nitrogens with zero attached hydrogens (tertiary/aromatic N) is 2. The van der Waals surface area contributed by atoms with Crippen molar-refractivity contribution in [2.45, 2.75) is 17.5 Å². The summed E-state index contributed by atoms with van der Waals surface area (Å²) in [7, 11) is 0. The number of para-hydroxylation sites is 2. The number of fused-ring (bicyclic) bond motifs is 6. The van der Waals surface area contributed by atoms with E-state index in [2.05, 4.69) is 5.32 Å². The number of anilines is 2. The Hall–Kier alpha value is -5.37. The zero-order valence-corrected chi connectivity index (χ0v) is 21.6. The first kappa shape index (κ1) is 24.7. The van der Waals surface area contributed by atoms with E-state index in [1.807, 2.05) is 59.5 Å². The second kappa shape index (κ2) is 9.09. The number of carbonyl (C=O) groups is 3. The number of nitro groups is 1. The van der Waals surface area contributed by atoms with Crippen molar-refractivity contribution >= 4 is 40.6 Å². The number of benzene rings is 4. The Bertz CT molecular complexity index is 1800. The average Bonchev–Trinajstić information content (AvgIpc) is 3.49. The summed E-state index contributed by atoms with van der Waals surface area (Å²) in [6, 6.07) is 27.2. The third-order valence-corrected chi connectivity index (χ3v) is 8.49. The Labute approximate surface area is 235 Å². The summed E-state index contributed by atoms with van der Waals surface area (Å²) >= 11 is 0. The van der Waals surface area contributed by atoms with E-state index < -0.39 is 34.1 Å². The van der Waals surface area contributed by atoms with Gasteiger partial charge in [-0.25, -0.2) is 0 Å². The number of nitro benzene ring substituents is 1. The van der Waals surface area contributed by atoms with Gasteiger partial charge in [-0.1, -0.05) is 91.0 Å². The molecule has 1 amide bonds. The standard InChI is InChI=1S/C33H23N3O5/c37-30(21-10-2-1-3-11-21)28-29(31(38)22-12-8-13-23(19-22)36(40)41)35-26-16-7-4-9-20(26)17-18-27(35)33(28)24-14-5-6-15-25(24)34-32(33)39/h1-19,27-29H,(H,34,39)/t27?,28-,29+,33+/m1/s1. The van der Waals surface area contributed by atoms with Gasteiger partial charge in [-0.15, -0.1) is 0 Å². The zero-order valence-electron chi connectivity index (χ0n) is 21.6. The summed E-state index contributed by atoms with van der Waals surface area (Å²) in [5, 5.41) is 14.6. The molecule has 0 aromatic heterocycles. The van der Waals surface area contributed by atoms with Crippen molar-refractivity contribution in [2.75, 3.05) is 10.2 Å². The fourth-order valence-corrected chi connectivity index (χ4v) is 6.85. The molecule has 1 N–H and O–H groups in total. The number of rotatable bonds is 5. The minimum Gasteiger partial charge on any atom is -0.352 e. The lowest BCUT2D eigenvalue weighted by Gasteiger charge is -2.37. The van der Waals surface area contributed by atoms with Crippen molar-refractivity contribution in [3.05, 3.63) is 142 Å². The van der Waals surface area contributed by atoms with Crippen molar-refractivity contribution in [1.82, 2.24) is 0 Å². The quantitative estimate of drug-likeness (QED) is 0.204. The van der Waals surface area contributed by atoms with Crippen LogP contribution in [0.3, 0.4) is 0 Å². The molecule has 4 aromatic rings. The molecule has 0 bridgehead atoms. The number of nitrogens with one attached hydrogen (secondary N) is 1. The van der Waals surface area contributed by atoms with Crippen LogP contribution >= 0.6 is 0 Å². The summed E-state index contributed by atoms with van der Waals surface area (Å²) in [6.45, 7) is 0. The first-order valence-electron chi connectivity index (χ1n) is 13.3. The van der Waals surface area contributed by atoms with Crippen LogP contribution in [0.25, 0.3) is 6.08 Å². The molecule has 3 aliphatic rings. The van der Waals surface area contributed by atoms with E-state index in [1.54, 1.807) is 36.4 Å². The Morgan fingerprint density at radius 1 is 0.829 bits per heavy atom. The maximum absolute atomic E-state index is 14.6. The third-order valence-electron chi connectivity index (χ3n) is 8.49. The fraction of sp³-hybridized carbons (Fsp3) is 0.121. The molecule has 0 saturated carbocycles. The number of Topliss-reactive ketones (excluding diaryl/α,β-unsaturated/α-hetero) is 2. The van der Waals surface area contributed by atoms with Gasteiger partial charge in [0, 0.05) is 34.6 Å². The summed E-state index contributed by atoms with van der Waals surface area (Å²) in [5.74, 6) is -2.31. The molecule has 1 spiro atoms. The lowest BCUT2D eigenvalue weighted by Crippen LogP contribution is -2.51. The highest BCUT2D eigenvalue weighted by Crippen LogP contribution is 2.58. The summed E-state index contributed by atoms with van der Waals surface area (Å²) in [6.07, 6.45) is 3.83. The molecular formula is C33H23N3O5. The highest BCUT2D eigenvalue weighted by atomic mass is 16.6. The maximum Gasteiger partial charge on any atom is 0.270 e. The van der Waals surface area contributed by atoms with Gasteiger partial charge in [0.15, 0.2) is 11.6 Å². The summed E-state index contributed by atoms with van der Waals surface area (Å²) in [4.78, 5) is 56.5. The minimum absolute atomic E-state index is 0.101. The van der Waals surface area contributed by atoms with Gasteiger partial charge < -0.3 is 10.2 Å². The minimum atomic E-state index is -1.44. The van der Waals surface area contributed by atoms with Crippen LogP contribution < -0.4 is 10.2 Å². The van der Waals surface area contributed by atoms with Crippen LogP contribution in [0.4, 0.5) is 17.1 Å². The van der Waals surface area contributed by atoms with Crippen molar-refractivity contribution in [3.63, 3.8) is 0 Å². The fourth-order valence-electron chi connectivity index (χ4n) is 6.85. The van der Waals surface area contributed by atoms with Gasteiger partial charge >= 0.3 is 0 Å². The number of ketones is 2. The molecule has 3 aliphatic heterocycles. The van der Waals surface area contributed by atoms with E-state index in [9.17, 15) is 24.5 Å². The average molecular weight is 542 g/mol. The van der Waals surface area contributed by atoms with Crippen molar-refractivity contribution in [1.29, 1.82) is 0 Å². The third kappa shape index (κ3) is 3.43. The largest absolute Gasteiger partial charge is 0.352 e. The topological polar surface area (TPSA) is 110 Å². The molecule has 41 heavy (non-hydrogen) atoms. The smallest absolute Gasteiger partial charge is 0.270 e. The second-order valence-corrected chi connectivity index (χ2v) is 10.5. The second-order valence-electron chi connectivity index (χ2n) is 10.5. The molecule has 7 rings (SSSR count). The van der Waals surface area contributed by atoms with Gasteiger partial charge in [-0.2, -0.15) is 0 Å². The molecule has 0 aliphatic carbocycles. The normalized spacial score (nSPS) is 23.5. The Morgan fingerprint density at radius 2 is 1.54 bits per heavy atom. The van der Waals surface area contributed by atoms with Gasteiger partial charge in [0.2, 0.25) is 5.91 Å². The van der Waals surface area contributed by atoms with Crippen LogP contribution in [0.2, 0.25) is 0 Å². The predicted molar refractivity (Wildman–Crippen MR) is 154 cm³/mol. The Morgan fingerprint density at radius 3 is 2.34 bits per heavy atom. The van der Waals surface area contributed by atoms with Crippen molar-refractivity contribution < 1.29 is 19.3 Å². The molecular weight excluding hydrogens is 518 g/mol. The van der Waals surface area contributed by atoms with E-state index >= 15 is 0 Å². The Balaban J connectivity index is 1.53. The SMILES string of the molecule is O=C(c1cccc([N+](=O)[O-])c1)[C@@H]1[C@H](C(=O)c2ccccc2)[C@@]2(C(=O)Nc3ccccc32)C2C=Cc3ccccc3N21. The zero-order chi connectivity index (χ0) is 28.3. The van der Waals surface area contributed by atoms with Crippen molar-refractivity contribution in [3.8, 4) is 0 Å². The van der Waals surface area contributed by atoms with E-state index in [0.29, 0.717) is 22.5 Å². The van der Waals surface area contributed by atoms with Crippen LogP contribution in [0.15, 0.2) is 109 Å². The molecule has 8 heteroatoms. The molecule has 200 valence electrons. The summed E-state index contributed by atoms with van der Waals surface area (Å²) in [5.41, 5.74) is 1.61. The van der Waals surface area contributed by atoms with Crippen molar-refractivity contribution in [2.24, 2.45) is 5.92 Å². The summed E-state index contributed by atoms with van der Waals surface area (Å²) < 4.78 is 0. The lowest BCUT2D eigenvalue weighted by molar-refractivity contribution is -0.384. The monoisotopic (exact) mass is 541 g/mol. The molecule has 3 heterocycles. The molecule has 1 unspecified atom stereocenters. The number of hydrogen-bond donors (Lipinski definition) is 1. The Kier molecular flexibility index (Phi) is 5.47. The van der Waals surface area contributed by atoms with Gasteiger partial charge in [-0.05, 0) is 23.3 Å². The van der Waals surface area contributed by atoms with E-state index in [-0.39, 0.29) is 22.9 Å². The van der Waals surface area contributed by atoms with Crippen LogP contribution in [-0.2, 0) is 10.2 Å². The van der Waals surface area contributed by atoms with Crippen LogP contribution in [0, 0.1) is 16.0 Å². The van der Waals surface area contributed by atoms with E-state index in [4.69, 9.17) is 0 Å². The van der Waals surface area contributed by atoms with Crippen LogP contribution in [-0.4, -0.2) is 34.5 Å².